The summed E-state index contributed by atoms with van der Waals surface area (Å²) in [6, 6.07) is 11.9. The average Bonchev–Trinajstić information content (AvgIpc) is 3.39. The molecule has 0 aliphatic rings. The second-order valence-corrected chi connectivity index (χ2v) is 9.80. The lowest BCUT2D eigenvalue weighted by Gasteiger charge is -2.14. The summed E-state index contributed by atoms with van der Waals surface area (Å²) < 4.78 is 32.5. The molecule has 0 amide bonds. The van der Waals surface area contributed by atoms with Gasteiger partial charge in [0.25, 0.3) is 0 Å². The number of benzene rings is 2. The number of nitrogens with one attached hydrogen (secondary N) is 1. The molecule has 2 aromatic heterocycles. The van der Waals surface area contributed by atoms with Crippen molar-refractivity contribution in [1.29, 1.82) is 5.26 Å². The highest BCUT2D eigenvalue weighted by Gasteiger charge is 2.21. The molecule has 39 heavy (non-hydrogen) atoms. The van der Waals surface area contributed by atoms with Crippen LogP contribution in [0.2, 0.25) is 0 Å². The Labute approximate surface area is 230 Å². The molecule has 0 saturated carbocycles. The summed E-state index contributed by atoms with van der Waals surface area (Å²) in [4.78, 5) is 12.2. The minimum atomic E-state index is -1.02. The Morgan fingerprint density at radius 1 is 1.23 bits per heavy atom. The zero-order chi connectivity index (χ0) is 27.9. The molecule has 0 radical (unpaired) electrons. The number of hydrogen-bond donors (Lipinski definition) is 4. The maximum atomic E-state index is 14.0. The molecule has 1 atom stereocenters. The molecule has 2 aromatic carbocycles. The van der Waals surface area contributed by atoms with Crippen molar-refractivity contribution in [3.05, 3.63) is 82.2 Å². The Morgan fingerprint density at radius 3 is 2.67 bits per heavy atom. The molecule has 2 heterocycles. The second kappa shape index (κ2) is 12.5. The molecule has 4 aromatic rings. The molecule has 0 unspecified atom stereocenters. The quantitative estimate of drug-likeness (QED) is 0.149. The van der Waals surface area contributed by atoms with Gasteiger partial charge >= 0.3 is 0 Å². The minimum absolute atomic E-state index is 0.0275. The molecule has 0 aliphatic carbocycles. The molecule has 13 heteroatoms. The number of nitrogens with two attached hydrogens (primary N) is 1. The number of pyridine rings is 1. The number of hydrogen-bond acceptors (Lipinski definition) is 10. The van der Waals surface area contributed by atoms with E-state index in [9.17, 15) is 19.1 Å². The maximum Gasteiger partial charge on any atom is 0.236 e. The molecule has 0 fully saturated rings. The summed E-state index contributed by atoms with van der Waals surface area (Å²) in [6.45, 7) is 7.08. The van der Waals surface area contributed by atoms with Crippen LogP contribution in [-0.2, 0) is 5.75 Å². The van der Waals surface area contributed by atoms with Gasteiger partial charge in [0.2, 0.25) is 5.69 Å². The fourth-order valence-electron chi connectivity index (χ4n) is 3.42. The van der Waals surface area contributed by atoms with Crippen molar-refractivity contribution in [2.24, 2.45) is 0 Å². The van der Waals surface area contributed by atoms with Gasteiger partial charge in [0.15, 0.2) is 5.13 Å². The smallest absolute Gasteiger partial charge is 0.236 e. The first-order valence-corrected chi connectivity index (χ1v) is 13.1. The molecular weight excluding hydrogens is 546 g/mol. The van der Waals surface area contributed by atoms with Crippen LogP contribution >= 0.6 is 23.1 Å². The number of aliphatic hydroxyl groups is 2. The van der Waals surface area contributed by atoms with Crippen LogP contribution in [0.5, 0.6) is 5.75 Å². The number of aliphatic hydroxyl groups excluding tert-OH is 2. The number of ether oxygens (including phenoxy) is 1. The highest BCUT2D eigenvalue weighted by molar-refractivity contribution is 7.98. The number of anilines is 3. The summed E-state index contributed by atoms with van der Waals surface area (Å²) in [7, 11) is 0. The van der Waals surface area contributed by atoms with Gasteiger partial charge in [-0.25, -0.2) is 23.6 Å². The standard InChI is InChI=1S/C26H20F2N6O3S2/c1-31-23-22(14-2-5-18(6-3-14)37-11-17(36)10-35)19(9-29)25(34-24(23)30)38-12-16-13-39-26(32-16)33-21-7-4-15(27)8-20(21)28/h2-8,13,17,35-36H,10-12H2,(H2,30,34)(H,32,33)/t17-/m0/s1. The Kier molecular flexibility index (Phi) is 8.91. The molecular formula is C26H20F2N6O3S2. The zero-order valence-electron chi connectivity index (χ0n) is 20.1. The third-order valence-electron chi connectivity index (χ3n) is 5.27. The lowest BCUT2D eigenvalue weighted by atomic mass is 10.00. The van der Waals surface area contributed by atoms with Gasteiger partial charge in [-0.2, -0.15) is 5.26 Å². The molecule has 0 aliphatic heterocycles. The van der Waals surface area contributed by atoms with Crippen molar-refractivity contribution in [3.63, 3.8) is 0 Å². The molecule has 4 rings (SSSR count). The summed E-state index contributed by atoms with van der Waals surface area (Å²) in [5.74, 6) is -0.712. The summed E-state index contributed by atoms with van der Waals surface area (Å²) in [6.07, 6.45) is -1.02. The van der Waals surface area contributed by atoms with Gasteiger partial charge in [-0.1, -0.05) is 23.9 Å². The maximum absolute atomic E-state index is 14.0. The van der Waals surface area contributed by atoms with Crippen LogP contribution in [0.4, 0.5) is 31.1 Å². The molecule has 0 spiro atoms. The Bertz CT molecular complexity index is 1570. The topological polar surface area (TPSA) is 142 Å². The number of rotatable bonds is 10. The average molecular weight is 567 g/mol. The predicted octanol–water partition coefficient (Wildman–Crippen LogP) is 5.26. The number of nitrogens with zero attached hydrogens (tertiary/aromatic N) is 4. The van der Waals surface area contributed by atoms with Gasteiger partial charge in [0.05, 0.1) is 30.1 Å². The number of thiazole rings is 1. The molecule has 0 saturated heterocycles. The lowest BCUT2D eigenvalue weighted by molar-refractivity contribution is 0.0536. The Balaban J connectivity index is 1.56. The van der Waals surface area contributed by atoms with Gasteiger partial charge < -0.3 is 26.0 Å². The van der Waals surface area contributed by atoms with Crippen LogP contribution in [0, 0.1) is 29.5 Å². The van der Waals surface area contributed by atoms with Crippen LogP contribution in [-0.4, -0.2) is 39.5 Å². The van der Waals surface area contributed by atoms with Gasteiger partial charge in [-0.3, -0.25) is 0 Å². The first-order valence-electron chi connectivity index (χ1n) is 11.2. The number of aromatic nitrogens is 2. The number of nitriles is 1. The van der Waals surface area contributed by atoms with Crippen LogP contribution < -0.4 is 15.8 Å². The van der Waals surface area contributed by atoms with Crippen LogP contribution in [0.15, 0.2) is 52.9 Å². The van der Waals surface area contributed by atoms with Crippen LogP contribution in [0.1, 0.15) is 11.3 Å². The van der Waals surface area contributed by atoms with E-state index in [1.165, 1.54) is 29.2 Å². The van der Waals surface area contributed by atoms with Gasteiger partial charge in [-0.15, -0.1) is 11.3 Å². The van der Waals surface area contributed by atoms with Gasteiger partial charge in [0, 0.05) is 22.8 Å². The minimum Gasteiger partial charge on any atom is -0.491 e. The normalized spacial score (nSPS) is 11.4. The first-order chi connectivity index (χ1) is 18.8. The lowest BCUT2D eigenvalue weighted by Crippen LogP contribution is -2.21. The SMILES string of the molecule is [C-]#[N+]c1c(N)nc(SCc2csc(Nc3ccc(F)cc3F)n2)c(C#N)c1-c1ccc(OC[C@@H](O)CO)cc1. The third-order valence-corrected chi connectivity index (χ3v) is 7.08. The highest BCUT2D eigenvalue weighted by Crippen LogP contribution is 2.42. The highest BCUT2D eigenvalue weighted by atomic mass is 32.2. The van der Waals surface area contributed by atoms with Crippen molar-refractivity contribution in [1.82, 2.24) is 9.97 Å². The molecule has 0 bridgehead atoms. The summed E-state index contributed by atoms with van der Waals surface area (Å²) in [5.41, 5.74) is 7.90. The molecule has 198 valence electrons. The van der Waals surface area contributed by atoms with Gasteiger partial charge in [-0.05, 0) is 29.8 Å². The van der Waals surface area contributed by atoms with E-state index in [1.54, 1.807) is 29.6 Å². The second-order valence-electron chi connectivity index (χ2n) is 7.98. The van der Waals surface area contributed by atoms with Crippen LogP contribution in [0.25, 0.3) is 16.0 Å². The fraction of sp³-hybridized carbons (Fsp3) is 0.154. The van der Waals surface area contributed by atoms with E-state index < -0.39 is 24.3 Å². The van der Waals surface area contributed by atoms with E-state index in [0.29, 0.717) is 38.5 Å². The fourth-order valence-corrected chi connectivity index (χ4v) is 5.13. The molecule has 5 N–H and O–H groups in total. The van der Waals surface area contributed by atoms with Crippen LogP contribution in [0.3, 0.4) is 0 Å². The van der Waals surface area contributed by atoms with E-state index in [0.717, 1.165) is 12.1 Å². The van der Waals surface area contributed by atoms with Crippen molar-refractivity contribution in [3.8, 4) is 22.9 Å². The van der Waals surface area contributed by atoms with E-state index in [4.69, 9.17) is 22.1 Å². The monoisotopic (exact) mass is 566 g/mol. The van der Waals surface area contributed by atoms with Crippen molar-refractivity contribution < 1.29 is 23.7 Å². The summed E-state index contributed by atoms with van der Waals surface area (Å²) >= 11 is 2.44. The third kappa shape index (κ3) is 6.60. The van der Waals surface area contributed by atoms with E-state index in [1.807, 2.05) is 0 Å². The van der Waals surface area contributed by atoms with E-state index in [2.05, 4.69) is 26.2 Å². The van der Waals surface area contributed by atoms with Crippen molar-refractivity contribution in [2.75, 3.05) is 24.3 Å². The number of nitrogen functional groups attached to an aromatic ring is 1. The summed E-state index contributed by atoms with van der Waals surface area (Å²) in [5, 5.41) is 33.7. The van der Waals surface area contributed by atoms with Crippen molar-refractivity contribution >= 4 is 45.4 Å². The van der Waals surface area contributed by atoms with E-state index >= 15 is 0 Å². The Morgan fingerprint density at radius 2 is 2.00 bits per heavy atom. The first kappa shape index (κ1) is 27.8. The zero-order valence-corrected chi connectivity index (χ0v) is 21.7. The van der Waals surface area contributed by atoms with E-state index in [-0.39, 0.29) is 29.4 Å². The van der Waals surface area contributed by atoms with Crippen molar-refractivity contribution in [2.45, 2.75) is 16.9 Å². The Hall–Kier alpha value is -4.27. The largest absolute Gasteiger partial charge is 0.491 e. The van der Waals surface area contributed by atoms with Gasteiger partial charge in [0.1, 0.15) is 47.0 Å². The predicted molar refractivity (Wildman–Crippen MR) is 145 cm³/mol. The number of thioether (sulfide) groups is 1. The number of halogens is 2. The molecule has 9 nitrogen and oxygen atoms in total.